The van der Waals surface area contributed by atoms with Crippen molar-refractivity contribution in [3.05, 3.63) is 34.9 Å². The molecule has 2 aliphatic rings. The van der Waals surface area contributed by atoms with Gasteiger partial charge in [-0.05, 0) is 45.0 Å². The molecule has 1 saturated heterocycles. The molecule has 2 N–H and O–H groups in total. The maximum absolute atomic E-state index is 13.2. The fourth-order valence-electron chi connectivity index (χ4n) is 3.31. The average molecular weight is 369 g/mol. The molecule has 2 heterocycles. The molecule has 134 valence electrons. The smallest absolute Gasteiger partial charge is 0.407 e. The van der Waals surface area contributed by atoms with Gasteiger partial charge in [-0.3, -0.25) is 10.1 Å². The van der Waals surface area contributed by atoms with Gasteiger partial charge in [0.15, 0.2) is 6.95 Å². The zero-order chi connectivity index (χ0) is 21.9. The van der Waals surface area contributed by atoms with Crippen LogP contribution in [0.2, 0.25) is 6.43 Å². The predicted octanol–water partition coefficient (Wildman–Crippen LogP) is 2.54. The molecular formula is C18H23ClN3O3+. The van der Waals surface area contributed by atoms with Gasteiger partial charge < -0.3 is 10.0 Å². The summed E-state index contributed by atoms with van der Waals surface area (Å²) >= 11 is 5.96. The van der Waals surface area contributed by atoms with E-state index in [1.807, 2.05) is 0 Å². The van der Waals surface area contributed by atoms with Gasteiger partial charge in [0.1, 0.15) is 0 Å². The van der Waals surface area contributed by atoms with Crippen LogP contribution in [0.3, 0.4) is 0 Å². The Hall–Kier alpha value is -2.08. The monoisotopic (exact) mass is 368 g/mol. The van der Waals surface area contributed by atoms with E-state index < -0.39 is 36.1 Å². The molecule has 2 amide bonds. The third kappa shape index (κ3) is 3.11. The summed E-state index contributed by atoms with van der Waals surface area (Å²) in [5.41, 5.74) is -2.04. The Morgan fingerprint density at radius 3 is 2.64 bits per heavy atom. The number of likely N-dealkylation sites (tertiary alicyclic amines) is 1. The van der Waals surface area contributed by atoms with Crippen molar-refractivity contribution in [2.75, 3.05) is 13.1 Å². The van der Waals surface area contributed by atoms with Crippen LogP contribution >= 0.6 is 11.6 Å². The van der Waals surface area contributed by atoms with Crippen LogP contribution in [-0.2, 0) is 4.79 Å². The molecule has 25 heavy (non-hydrogen) atoms. The average Bonchev–Trinajstić information content (AvgIpc) is 2.84. The van der Waals surface area contributed by atoms with E-state index in [9.17, 15) is 14.7 Å². The van der Waals surface area contributed by atoms with E-state index in [4.69, 9.17) is 17.1 Å². The molecule has 0 radical (unpaired) electrons. The van der Waals surface area contributed by atoms with Crippen LogP contribution in [-0.4, -0.2) is 56.6 Å². The van der Waals surface area contributed by atoms with E-state index in [2.05, 4.69) is 0 Å². The first-order valence-corrected chi connectivity index (χ1v) is 8.33. The molecule has 0 aromatic heterocycles. The van der Waals surface area contributed by atoms with Crippen LogP contribution in [0.25, 0.3) is 0 Å². The number of halogens is 1. The molecule has 0 bridgehead atoms. The summed E-state index contributed by atoms with van der Waals surface area (Å²) < 4.78 is 35.8. The normalized spacial score (nSPS) is 31.7. The number of hydrogen-bond acceptors (Lipinski definition) is 2. The van der Waals surface area contributed by atoms with E-state index >= 15 is 0 Å². The molecule has 2 atom stereocenters. The van der Waals surface area contributed by atoms with Crippen LogP contribution in [0.5, 0.6) is 0 Å². The maximum atomic E-state index is 13.2. The molecule has 1 aromatic carbocycles. The topological polar surface area (TPSA) is 72.7 Å². The Kier molecular flexibility index (Phi) is 3.17. The lowest BCUT2D eigenvalue weighted by molar-refractivity contribution is -0.668. The number of nitrogens with one attached hydrogen (secondary N) is 1. The third-order valence-corrected chi connectivity index (χ3v) is 4.52. The standard InChI is InChI=1S/C18H22ClN3O3/c1-17(2,3)22-14(12-4-6-13(19)7-5-12)15(23)20-18(22)8-10-21(11-9-18)16(24)25/h4-7H,8-11H2,1-3H3,(H-,20,23,24,25)/p+1/i8D2,10D/hD. The number of amides is 2. The number of piperidine rings is 1. The van der Waals surface area contributed by atoms with Crippen molar-refractivity contribution in [3.8, 4) is 0 Å². The second-order valence-corrected chi connectivity index (χ2v) is 7.53. The zero-order valence-corrected chi connectivity index (χ0v) is 15.0. The Labute approximate surface area is 157 Å². The Morgan fingerprint density at radius 1 is 1.44 bits per heavy atom. The molecule has 3 rings (SSSR count). The molecule has 1 fully saturated rings. The maximum Gasteiger partial charge on any atom is 0.407 e. The largest absolute Gasteiger partial charge is 0.465 e. The first-order valence-electron chi connectivity index (χ1n) is 9.98. The SMILES string of the molecule is [2H]C1N(C(=O)O)CCC2(N([2H])C(=O)C(c3ccc(Cl)cc3)=[N+]2C(C)(C)C)C1([2H])[2H]. The molecule has 6 nitrogen and oxygen atoms in total. The predicted molar refractivity (Wildman–Crippen MR) is 95.3 cm³/mol. The lowest BCUT2D eigenvalue weighted by atomic mass is 9.92. The van der Waals surface area contributed by atoms with Crippen molar-refractivity contribution >= 4 is 29.3 Å². The number of rotatable bonds is 1. The lowest BCUT2D eigenvalue weighted by Crippen LogP contribution is -2.61. The van der Waals surface area contributed by atoms with E-state index in [0.29, 0.717) is 20.8 Å². The molecule has 2 unspecified atom stereocenters. The van der Waals surface area contributed by atoms with Crippen molar-refractivity contribution in [2.45, 2.75) is 44.8 Å². The highest BCUT2D eigenvalue weighted by Gasteiger charge is 2.58. The Bertz CT molecular complexity index is 901. The number of benzene rings is 1. The summed E-state index contributed by atoms with van der Waals surface area (Å²) in [6.07, 6.45) is -4.10. The second kappa shape index (κ2) is 6.02. The molecular weight excluding hydrogens is 342 g/mol. The number of carbonyl (C=O) groups is 2. The summed E-state index contributed by atoms with van der Waals surface area (Å²) in [4.78, 5) is 25.4. The van der Waals surface area contributed by atoms with Gasteiger partial charge in [0.25, 0.3) is 5.71 Å². The summed E-state index contributed by atoms with van der Waals surface area (Å²) in [7, 11) is 0. The van der Waals surface area contributed by atoms with Gasteiger partial charge in [0.2, 0.25) is 5.66 Å². The molecule has 2 aliphatic heterocycles. The van der Waals surface area contributed by atoms with Gasteiger partial charge in [-0.25, -0.2) is 4.79 Å². The van der Waals surface area contributed by atoms with Crippen molar-refractivity contribution in [3.63, 3.8) is 0 Å². The molecule has 7 heteroatoms. The highest BCUT2D eigenvalue weighted by molar-refractivity contribution is 6.44. The summed E-state index contributed by atoms with van der Waals surface area (Å²) in [6, 6.07) is 6.46. The fraction of sp³-hybridized carbons (Fsp3) is 0.500. The minimum atomic E-state index is -2.54. The van der Waals surface area contributed by atoms with Gasteiger partial charge in [-0.2, -0.15) is 4.58 Å². The van der Waals surface area contributed by atoms with Crippen molar-refractivity contribution in [2.24, 2.45) is 0 Å². The minimum Gasteiger partial charge on any atom is -0.465 e. The first kappa shape index (κ1) is 13.2. The van der Waals surface area contributed by atoms with Crippen molar-refractivity contribution < 1.29 is 24.8 Å². The minimum absolute atomic E-state index is 0.129. The van der Waals surface area contributed by atoms with Gasteiger partial charge in [0, 0.05) is 22.2 Å². The molecule has 1 spiro atoms. The Morgan fingerprint density at radius 2 is 2.08 bits per heavy atom. The lowest BCUT2D eigenvalue weighted by Gasteiger charge is -2.38. The fourth-order valence-corrected chi connectivity index (χ4v) is 3.44. The van der Waals surface area contributed by atoms with Gasteiger partial charge in [0.05, 0.1) is 18.4 Å². The number of carbonyl (C=O) groups excluding carboxylic acids is 1. The Balaban J connectivity index is 2.31. The van der Waals surface area contributed by atoms with Crippen molar-refractivity contribution in [1.29, 1.82) is 0 Å². The zero-order valence-electron chi connectivity index (χ0n) is 18.3. The second-order valence-electron chi connectivity index (χ2n) is 7.09. The first-order chi connectivity index (χ1) is 13.3. The summed E-state index contributed by atoms with van der Waals surface area (Å²) in [5, 5.41) is 10.4. The highest BCUT2D eigenvalue weighted by Crippen LogP contribution is 2.33. The van der Waals surface area contributed by atoms with Crippen molar-refractivity contribution in [1.82, 2.24) is 10.2 Å². The number of carboxylic acid groups (broad SMARTS) is 1. The van der Waals surface area contributed by atoms with Crippen LogP contribution in [0.15, 0.2) is 24.3 Å². The van der Waals surface area contributed by atoms with Gasteiger partial charge in [-0.1, -0.05) is 11.6 Å². The van der Waals surface area contributed by atoms with E-state index in [0.717, 1.165) is 0 Å². The van der Waals surface area contributed by atoms with Crippen LogP contribution < -0.4 is 5.31 Å². The number of nitrogens with zero attached hydrogens (tertiary/aromatic N) is 2. The molecule has 0 saturated carbocycles. The third-order valence-electron chi connectivity index (χ3n) is 4.27. The van der Waals surface area contributed by atoms with E-state index in [1.54, 1.807) is 49.6 Å². The van der Waals surface area contributed by atoms with Crippen LogP contribution in [0, 0.1) is 0 Å². The van der Waals surface area contributed by atoms with Crippen LogP contribution in [0.4, 0.5) is 4.79 Å². The number of hydrogen-bond donors (Lipinski definition) is 2. The van der Waals surface area contributed by atoms with Gasteiger partial charge >= 0.3 is 12.0 Å². The summed E-state index contributed by atoms with van der Waals surface area (Å²) in [6.45, 7) is 3.39. The quantitative estimate of drug-likeness (QED) is 0.748. The van der Waals surface area contributed by atoms with Gasteiger partial charge in [-0.15, -0.1) is 0 Å². The van der Waals surface area contributed by atoms with E-state index in [-0.39, 0.29) is 18.7 Å². The summed E-state index contributed by atoms with van der Waals surface area (Å²) in [5.74, 6) is -0.706. The molecule has 1 aromatic rings. The highest BCUT2D eigenvalue weighted by atomic mass is 35.5. The van der Waals surface area contributed by atoms with Crippen LogP contribution in [0.1, 0.15) is 43.2 Å². The van der Waals surface area contributed by atoms with E-state index in [1.165, 1.54) is 0 Å². The molecule has 0 aliphatic carbocycles.